The fourth-order valence-electron chi connectivity index (χ4n) is 4.12. The molecule has 7 heteroatoms. The highest BCUT2D eigenvalue weighted by molar-refractivity contribution is 8.00. The second-order valence-electron chi connectivity index (χ2n) is 7.71. The van der Waals surface area contributed by atoms with E-state index in [1.54, 1.807) is 17.8 Å². The predicted octanol–water partition coefficient (Wildman–Crippen LogP) is 4.03. The summed E-state index contributed by atoms with van der Waals surface area (Å²) in [4.78, 5) is 8.12. The molecule has 1 aliphatic carbocycles. The highest BCUT2D eigenvalue weighted by Crippen LogP contribution is 2.45. The number of rotatable bonds is 4. The van der Waals surface area contributed by atoms with E-state index in [-0.39, 0.29) is 11.3 Å². The molecule has 1 fully saturated rings. The first-order valence-electron chi connectivity index (χ1n) is 9.82. The van der Waals surface area contributed by atoms with Gasteiger partial charge in [-0.2, -0.15) is 13.2 Å². The molecule has 0 radical (unpaired) electrons. The van der Waals surface area contributed by atoms with Gasteiger partial charge in [-0.1, -0.05) is 24.3 Å². The number of thioether (sulfide) groups is 1. The molecule has 3 nitrogen and oxygen atoms in total. The standard InChI is InChI=1S/C21H26F3N3S/c1-25-11-13-26(14-12-25)9-4-10-27-17-5-2-3-6-19(17)28-20-8-7-16(15-18(20)27)21(22,23)24/h2-3,5-8,15,18,20H,4,9-14H2,1H3/t18-,20-/m1/s1. The monoisotopic (exact) mass is 409 g/mol. The number of hydrogen-bond acceptors (Lipinski definition) is 4. The van der Waals surface area contributed by atoms with Crippen LogP contribution in [0.4, 0.5) is 18.9 Å². The average Bonchev–Trinajstić information content (AvgIpc) is 2.68. The average molecular weight is 410 g/mol. The van der Waals surface area contributed by atoms with E-state index in [9.17, 15) is 13.2 Å². The van der Waals surface area contributed by atoms with E-state index in [2.05, 4.69) is 27.8 Å². The maximum absolute atomic E-state index is 13.3. The number of nitrogens with zero attached hydrogens (tertiary/aromatic N) is 3. The summed E-state index contributed by atoms with van der Waals surface area (Å²) in [5.74, 6) is 0. The van der Waals surface area contributed by atoms with E-state index in [1.807, 2.05) is 18.2 Å². The van der Waals surface area contributed by atoms with Crippen LogP contribution in [0.2, 0.25) is 0 Å². The highest BCUT2D eigenvalue weighted by Gasteiger charge is 2.39. The van der Waals surface area contributed by atoms with Crippen molar-refractivity contribution in [1.29, 1.82) is 0 Å². The molecule has 0 N–H and O–H groups in total. The lowest BCUT2D eigenvalue weighted by Crippen LogP contribution is -2.47. The SMILES string of the molecule is CN1CCN(CCCN2c3ccccc3S[C@@H]3C=CC(C(F)(F)F)=C[C@H]32)CC1. The van der Waals surface area contributed by atoms with Crippen molar-refractivity contribution >= 4 is 17.4 Å². The summed E-state index contributed by atoms with van der Waals surface area (Å²) in [5, 5.41) is 0.0182. The van der Waals surface area contributed by atoms with E-state index in [4.69, 9.17) is 0 Å². The van der Waals surface area contributed by atoms with Gasteiger partial charge >= 0.3 is 6.18 Å². The van der Waals surface area contributed by atoms with Crippen LogP contribution < -0.4 is 4.90 Å². The lowest BCUT2D eigenvalue weighted by Gasteiger charge is -2.43. The quantitative estimate of drug-likeness (QED) is 0.742. The Labute approximate surface area is 168 Å². The van der Waals surface area contributed by atoms with Crippen molar-refractivity contribution in [3.8, 4) is 0 Å². The molecule has 2 aliphatic heterocycles. The van der Waals surface area contributed by atoms with Gasteiger partial charge in [0.05, 0.1) is 22.6 Å². The van der Waals surface area contributed by atoms with Crippen LogP contribution in [0, 0.1) is 0 Å². The van der Waals surface area contributed by atoms with Gasteiger partial charge in [-0.05, 0) is 38.2 Å². The lowest BCUT2D eigenvalue weighted by atomic mass is 9.99. The maximum atomic E-state index is 13.3. The normalized spacial score (nSPS) is 26.0. The van der Waals surface area contributed by atoms with Gasteiger partial charge in [0.1, 0.15) is 0 Å². The zero-order valence-corrected chi connectivity index (χ0v) is 16.8. The molecule has 0 saturated carbocycles. The molecule has 152 valence electrons. The number of likely N-dealkylation sites (N-methyl/N-ethyl adjacent to an activating group) is 1. The summed E-state index contributed by atoms with van der Waals surface area (Å²) in [6.45, 7) is 6.04. The minimum atomic E-state index is -4.30. The predicted molar refractivity (Wildman–Crippen MR) is 109 cm³/mol. The van der Waals surface area contributed by atoms with Gasteiger partial charge in [0.25, 0.3) is 0 Å². The number of hydrogen-bond donors (Lipinski definition) is 0. The molecule has 0 bridgehead atoms. The summed E-state index contributed by atoms with van der Waals surface area (Å²) in [5.41, 5.74) is 0.526. The molecule has 1 aromatic rings. The molecule has 4 rings (SSSR count). The van der Waals surface area contributed by atoms with Crippen LogP contribution in [-0.4, -0.2) is 73.6 Å². The minimum absolute atomic E-state index is 0.0182. The van der Waals surface area contributed by atoms with Gasteiger partial charge in [0.2, 0.25) is 0 Å². The molecule has 0 unspecified atom stereocenters. The lowest BCUT2D eigenvalue weighted by molar-refractivity contribution is -0.0887. The minimum Gasteiger partial charge on any atom is -0.363 e. The van der Waals surface area contributed by atoms with Gasteiger partial charge in [-0.25, -0.2) is 0 Å². The number of alkyl halides is 3. The van der Waals surface area contributed by atoms with Gasteiger partial charge < -0.3 is 14.7 Å². The Morgan fingerprint density at radius 3 is 2.57 bits per heavy atom. The van der Waals surface area contributed by atoms with Gasteiger partial charge in [-0.3, -0.25) is 0 Å². The Morgan fingerprint density at radius 1 is 1.07 bits per heavy atom. The molecule has 0 amide bonds. The third-order valence-corrected chi connectivity index (χ3v) is 7.05. The second kappa shape index (κ2) is 8.13. The first-order valence-corrected chi connectivity index (χ1v) is 10.7. The van der Waals surface area contributed by atoms with Crippen LogP contribution in [0.1, 0.15) is 6.42 Å². The van der Waals surface area contributed by atoms with Crippen LogP contribution in [0.25, 0.3) is 0 Å². The van der Waals surface area contributed by atoms with Crippen molar-refractivity contribution in [2.24, 2.45) is 0 Å². The fourth-order valence-corrected chi connectivity index (χ4v) is 5.40. The first kappa shape index (κ1) is 19.9. The third-order valence-electron chi connectivity index (χ3n) is 5.75. The zero-order chi connectivity index (χ0) is 19.7. The Balaban J connectivity index is 1.50. The molecule has 2 atom stereocenters. The summed E-state index contributed by atoms with van der Waals surface area (Å²) in [7, 11) is 2.14. The van der Waals surface area contributed by atoms with E-state index >= 15 is 0 Å². The Hall–Kier alpha value is -1.44. The number of para-hydroxylation sites is 1. The molecule has 1 aromatic carbocycles. The van der Waals surface area contributed by atoms with Crippen molar-refractivity contribution < 1.29 is 13.2 Å². The number of anilines is 1. The smallest absolute Gasteiger partial charge is 0.363 e. The molecule has 28 heavy (non-hydrogen) atoms. The van der Waals surface area contributed by atoms with E-state index in [0.717, 1.165) is 56.3 Å². The van der Waals surface area contributed by atoms with Crippen LogP contribution >= 0.6 is 11.8 Å². The molecule has 1 saturated heterocycles. The molecular weight excluding hydrogens is 383 g/mol. The van der Waals surface area contributed by atoms with Crippen molar-refractivity contribution in [3.63, 3.8) is 0 Å². The number of piperazine rings is 1. The molecular formula is C21H26F3N3S. The zero-order valence-electron chi connectivity index (χ0n) is 16.0. The molecule has 2 heterocycles. The molecule has 0 spiro atoms. The third kappa shape index (κ3) is 4.26. The highest BCUT2D eigenvalue weighted by atomic mass is 32.2. The Kier molecular flexibility index (Phi) is 5.76. The van der Waals surface area contributed by atoms with Crippen LogP contribution in [0.5, 0.6) is 0 Å². The number of halogens is 3. The largest absolute Gasteiger partial charge is 0.416 e. The van der Waals surface area contributed by atoms with Crippen molar-refractivity contribution in [2.75, 3.05) is 51.2 Å². The Morgan fingerprint density at radius 2 is 1.82 bits per heavy atom. The number of fused-ring (bicyclic) bond motifs is 2. The number of benzene rings is 1. The molecule has 3 aliphatic rings. The fraction of sp³-hybridized carbons (Fsp3) is 0.524. The van der Waals surface area contributed by atoms with Crippen molar-refractivity contribution in [1.82, 2.24) is 9.80 Å². The van der Waals surface area contributed by atoms with E-state index in [0.29, 0.717) is 0 Å². The molecule has 0 aromatic heterocycles. The summed E-state index contributed by atoms with van der Waals surface area (Å²) >= 11 is 1.66. The summed E-state index contributed by atoms with van der Waals surface area (Å²) in [6.07, 6.45) is 1.04. The van der Waals surface area contributed by atoms with Crippen molar-refractivity contribution in [2.45, 2.75) is 28.8 Å². The topological polar surface area (TPSA) is 9.72 Å². The van der Waals surface area contributed by atoms with Crippen LogP contribution in [0.3, 0.4) is 0 Å². The van der Waals surface area contributed by atoms with Gasteiger partial charge in [0.15, 0.2) is 0 Å². The summed E-state index contributed by atoms with van der Waals surface area (Å²) < 4.78 is 39.9. The van der Waals surface area contributed by atoms with Gasteiger partial charge in [-0.15, -0.1) is 11.8 Å². The van der Waals surface area contributed by atoms with Gasteiger partial charge in [0, 0.05) is 37.6 Å². The summed E-state index contributed by atoms with van der Waals surface area (Å²) in [6, 6.07) is 7.82. The number of allylic oxidation sites excluding steroid dienone is 2. The van der Waals surface area contributed by atoms with E-state index < -0.39 is 11.7 Å². The first-order chi connectivity index (χ1) is 13.4. The second-order valence-corrected chi connectivity index (χ2v) is 8.93. The Bertz CT molecular complexity index is 754. The maximum Gasteiger partial charge on any atom is 0.416 e. The van der Waals surface area contributed by atoms with Crippen LogP contribution in [0.15, 0.2) is 53.0 Å². The van der Waals surface area contributed by atoms with Crippen molar-refractivity contribution in [3.05, 3.63) is 48.1 Å². The van der Waals surface area contributed by atoms with Crippen LogP contribution in [-0.2, 0) is 0 Å². The van der Waals surface area contributed by atoms with E-state index in [1.165, 1.54) is 12.2 Å².